The molecule has 0 aromatic heterocycles. The Balaban J connectivity index is 3.79. The topological polar surface area (TPSA) is 38.7 Å². The molecule has 0 aliphatic carbocycles. The van der Waals surface area contributed by atoms with E-state index in [2.05, 4.69) is 4.89 Å². The number of rotatable bonds is 2. The summed E-state index contributed by atoms with van der Waals surface area (Å²) in [6.07, 6.45) is -0.544. The molecule has 0 saturated heterocycles. The van der Waals surface area contributed by atoms with Gasteiger partial charge in [-0.25, -0.2) is 10.1 Å². The van der Waals surface area contributed by atoms with E-state index >= 15 is 0 Å². The molecule has 3 heteroatoms. The van der Waals surface area contributed by atoms with E-state index in [9.17, 15) is 0 Å². The molecule has 0 bridgehead atoms. The Morgan fingerprint density at radius 3 is 1.78 bits per heavy atom. The molecule has 1 atom stereocenters. The van der Waals surface area contributed by atoms with Crippen molar-refractivity contribution in [1.29, 1.82) is 0 Å². The Labute approximate surface area is 55.5 Å². The van der Waals surface area contributed by atoms with Gasteiger partial charge >= 0.3 is 0 Å². The van der Waals surface area contributed by atoms with Crippen molar-refractivity contribution in [3.05, 3.63) is 0 Å². The molecule has 0 aliphatic heterocycles. The fraction of sp³-hybridized carbons (Fsp3) is 1.00. The molecule has 1 N–H and O–H groups in total. The summed E-state index contributed by atoms with van der Waals surface area (Å²) in [6, 6.07) is 0. The summed E-state index contributed by atoms with van der Waals surface area (Å²) in [5.74, 6) is 0. The van der Waals surface area contributed by atoms with Gasteiger partial charge in [0.25, 0.3) is 0 Å². The van der Waals surface area contributed by atoms with Crippen molar-refractivity contribution in [2.24, 2.45) is 5.41 Å². The van der Waals surface area contributed by atoms with Gasteiger partial charge in [-0.1, -0.05) is 20.8 Å². The number of hydrogen-bond acceptors (Lipinski definition) is 3. The molecule has 56 valence electrons. The van der Waals surface area contributed by atoms with Gasteiger partial charge in [-0.05, 0) is 0 Å². The van der Waals surface area contributed by atoms with Crippen molar-refractivity contribution in [3.63, 3.8) is 0 Å². The molecule has 0 aliphatic rings. The Hall–Kier alpha value is -0.120. The summed E-state index contributed by atoms with van der Waals surface area (Å²) in [6.45, 7) is 5.74. The van der Waals surface area contributed by atoms with Gasteiger partial charge < -0.3 is 4.74 Å². The highest BCUT2D eigenvalue weighted by Crippen LogP contribution is 2.21. The zero-order valence-corrected chi connectivity index (χ0v) is 6.34. The summed E-state index contributed by atoms with van der Waals surface area (Å²) in [7, 11) is 1.49. The van der Waals surface area contributed by atoms with Crippen molar-refractivity contribution in [1.82, 2.24) is 0 Å². The van der Waals surface area contributed by atoms with Crippen LogP contribution in [0, 0.1) is 5.41 Å². The van der Waals surface area contributed by atoms with Crippen LogP contribution >= 0.6 is 0 Å². The van der Waals surface area contributed by atoms with Gasteiger partial charge in [0.1, 0.15) is 0 Å². The van der Waals surface area contributed by atoms with Crippen LogP contribution in [0.1, 0.15) is 20.8 Å². The molecule has 0 aromatic carbocycles. The SMILES string of the molecule is CO[C@H](OO)C(C)(C)C. The smallest absolute Gasteiger partial charge is 0.195 e. The lowest BCUT2D eigenvalue weighted by Crippen LogP contribution is -2.29. The summed E-state index contributed by atoms with van der Waals surface area (Å²) in [5, 5.41) is 8.24. The van der Waals surface area contributed by atoms with Crippen LogP contribution in [0.3, 0.4) is 0 Å². The minimum Gasteiger partial charge on any atom is -0.353 e. The maximum Gasteiger partial charge on any atom is 0.195 e. The summed E-state index contributed by atoms with van der Waals surface area (Å²) < 4.78 is 4.79. The fourth-order valence-electron chi connectivity index (χ4n) is 0.555. The second kappa shape index (κ2) is 3.15. The van der Waals surface area contributed by atoms with Crippen LogP contribution in [-0.2, 0) is 9.62 Å². The van der Waals surface area contributed by atoms with Crippen molar-refractivity contribution >= 4 is 0 Å². The van der Waals surface area contributed by atoms with Gasteiger partial charge in [0.2, 0.25) is 0 Å². The molecule has 0 radical (unpaired) electrons. The minimum absolute atomic E-state index is 0.177. The Morgan fingerprint density at radius 2 is 1.78 bits per heavy atom. The van der Waals surface area contributed by atoms with Crippen molar-refractivity contribution in [3.8, 4) is 0 Å². The van der Waals surface area contributed by atoms with E-state index in [0.29, 0.717) is 0 Å². The lowest BCUT2D eigenvalue weighted by Gasteiger charge is -2.25. The number of hydrogen-bond donors (Lipinski definition) is 1. The minimum atomic E-state index is -0.544. The van der Waals surface area contributed by atoms with Crippen LogP contribution in [0.15, 0.2) is 0 Å². The molecule has 3 nitrogen and oxygen atoms in total. The third-order valence-corrected chi connectivity index (χ3v) is 1.02. The molecule has 0 amide bonds. The second-order valence-corrected chi connectivity index (χ2v) is 3.04. The molecule has 9 heavy (non-hydrogen) atoms. The molecule has 0 fully saturated rings. The van der Waals surface area contributed by atoms with Crippen molar-refractivity contribution in [2.45, 2.75) is 27.1 Å². The van der Waals surface area contributed by atoms with Crippen molar-refractivity contribution in [2.75, 3.05) is 7.11 Å². The van der Waals surface area contributed by atoms with Gasteiger partial charge in [-0.3, -0.25) is 0 Å². The zero-order valence-electron chi connectivity index (χ0n) is 6.34. The van der Waals surface area contributed by atoms with Crippen LogP contribution in [0.4, 0.5) is 0 Å². The van der Waals surface area contributed by atoms with Gasteiger partial charge in [0, 0.05) is 12.5 Å². The molecule has 0 heterocycles. The lowest BCUT2D eigenvalue weighted by atomic mass is 9.96. The Bertz CT molecular complexity index is 70.9. The third kappa shape index (κ3) is 2.79. The molecular weight excluding hydrogens is 120 g/mol. The van der Waals surface area contributed by atoms with E-state index < -0.39 is 6.29 Å². The first kappa shape index (κ1) is 8.88. The highest BCUT2D eigenvalue weighted by Gasteiger charge is 2.24. The highest BCUT2D eigenvalue weighted by molar-refractivity contribution is 4.64. The van der Waals surface area contributed by atoms with Gasteiger partial charge in [-0.2, -0.15) is 0 Å². The predicted molar refractivity (Wildman–Crippen MR) is 34.0 cm³/mol. The number of methoxy groups -OCH3 is 1. The quantitative estimate of drug-likeness (QED) is 0.353. The largest absolute Gasteiger partial charge is 0.353 e. The summed E-state index contributed by atoms with van der Waals surface area (Å²) in [5.41, 5.74) is -0.177. The molecule has 0 aromatic rings. The van der Waals surface area contributed by atoms with Crippen LogP contribution in [0.2, 0.25) is 0 Å². The Morgan fingerprint density at radius 1 is 1.33 bits per heavy atom. The zero-order chi connectivity index (χ0) is 7.49. The third-order valence-electron chi connectivity index (χ3n) is 1.02. The second-order valence-electron chi connectivity index (χ2n) is 3.04. The van der Waals surface area contributed by atoms with E-state index in [1.54, 1.807) is 0 Å². The normalized spacial score (nSPS) is 15.7. The molecule has 0 rings (SSSR count). The van der Waals surface area contributed by atoms with E-state index in [-0.39, 0.29) is 5.41 Å². The van der Waals surface area contributed by atoms with Gasteiger partial charge in [0.15, 0.2) is 6.29 Å². The molecule has 0 saturated carbocycles. The maximum atomic E-state index is 8.24. The maximum absolute atomic E-state index is 8.24. The van der Waals surface area contributed by atoms with Crippen molar-refractivity contribution < 1.29 is 14.9 Å². The Kier molecular flexibility index (Phi) is 3.11. The van der Waals surface area contributed by atoms with E-state index in [1.165, 1.54) is 7.11 Å². The molecular formula is C6H14O3. The first-order chi connectivity index (χ1) is 4.02. The number of ether oxygens (including phenoxy) is 1. The van der Waals surface area contributed by atoms with Crippen LogP contribution < -0.4 is 0 Å². The first-order valence-corrected chi connectivity index (χ1v) is 2.85. The monoisotopic (exact) mass is 134 g/mol. The van der Waals surface area contributed by atoms with Gasteiger partial charge in [-0.15, -0.1) is 0 Å². The molecule has 0 unspecified atom stereocenters. The van der Waals surface area contributed by atoms with Crippen LogP contribution in [0.5, 0.6) is 0 Å². The first-order valence-electron chi connectivity index (χ1n) is 2.85. The van der Waals surface area contributed by atoms with Crippen LogP contribution in [0.25, 0.3) is 0 Å². The van der Waals surface area contributed by atoms with E-state index in [1.807, 2.05) is 20.8 Å². The predicted octanol–water partition coefficient (Wildman–Crippen LogP) is 1.49. The average molecular weight is 134 g/mol. The van der Waals surface area contributed by atoms with E-state index in [0.717, 1.165) is 0 Å². The highest BCUT2D eigenvalue weighted by atomic mass is 17.1. The average Bonchev–Trinajstić information content (AvgIpc) is 1.65. The fourth-order valence-corrected chi connectivity index (χ4v) is 0.555. The summed E-state index contributed by atoms with van der Waals surface area (Å²) in [4.78, 5) is 4.04. The van der Waals surface area contributed by atoms with Crippen LogP contribution in [-0.4, -0.2) is 18.7 Å². The standard InChI is InChI=1S/C6H14O3/c1-6(2,3)5(8-4)9-7/h5,7H,1-4H3/t5-/m1/s1. The summed E-state index contributed by atoms with van der Waals surface area (Å²) >= 11 is 0. The lowest BCUT2D eigenvalue weighted by molar-refractivity contribution is -0.365. The van der Waals surface area contributed by atoms with Gasteiger partial charge in [0.05, 0.1) is 0 Å². The van der Waals surface area contributed by atoms with E-state index in [4.69, 9.17) is 9.99 Å². The molecule has 0 spiro atoms.